The average Bonchev–Trinajstić information content (AvgIpc) is 2.72. The SMILES string of the molecule is Cn1c(=O)n(C2CCC(=O)NC2=O)c2ccc(CCN)cc21. The maximum Gasteiger partial charge on any atom is 0.329 e. The van der Waals surface area contributed by atoms with E-state index >= 15 is 0 Å². The third kappa shape index (κ3) is 2.23. The van der Waals surface area contributed by atoms with Crippen LogP contribution in [0.2, 0.25) is 0 Å². The van der Waals surface area contributed by atoms with Gasteiger partial charge in [-0.05, 0) is 37.1 Å². The van der Waals surface area contributed by atoms with Crippen LogP contribution in [0.1, 0.15) is 24.4 Å². The number of carbonyl (C=O) groups is 2. The van der Waals surface area contributed by atoms with Crippen molar-refractivity contribution < 1.29 is 9.59 Å². The number of rotatable bonds is 3. The Morgan fingerprint density at radius 3 is 2.73 bits per heavy atom. The minimum absolute atomic E-state index is 0.241. The van der Waals surface area contributed by atoms with Gasteiger partial charge in [-0.25, -0.2) is 4.79 Å². The molecule has 1 aromatic carbocycles. The van der Waals surface area contributed by atoms with Gasteiger partial charge in [0.15, 0.2) is 0 Å². The molecule has 2 aromatic rings. The van der Waals surface area contributed by atoms with E-state index in [0.29, 0.717) is 18.5 Å². The standard InChI is InChI=1S/C15H18N4O3/c1-18-12-8-9(6-7-16)2-3-10(12)19(15(18)22)11-4-5-13(20)17-14(11)21/h2-3,8,11H,4-7,16H2,1H3,(H,17,20,21). The normalized spacial score (nSPS) is 18.7. The number of carbonyl (C=O) groups excluding carboxylic acids is 2. The van der Waals surface area contributed by atoms with Gasteiger partial charge in [-0.3, -0.25) is 24.0 Å². The van der Waals surface area contributed by atoms with Crippen LogP contribution >= 0.6 is 0 Å². The van der Waals surface area contributed by atoms with Gasteiger partial charge in [0, 0.05) is 13.5 Å². The van der Waals surface area contributed by atoms with E-state index < -0.39 is 11.9 Å². The van der Waals surface area contributed by atoms with Crippen molar-refractivity contribution in [3.63, 3.8) is 0 Å². The molecule has 3 rings (SSSR count). The van der Waals surface area contributed by atoms with Crippen molar-refractivity contribution in [2.24, 2.45) is 12.8 Å². The Kier molecular flexibility index (Phi) is 3.58. The molecule has 1 aromatic heterocycles. The summed E-state index contributed by atoms with van der Waals surface area (Å²) in [6.45, 7) is 0.535. The number of aromatic nitrogens is 2. The number of imidazole rings is 1. The summed E-state index contributed by atoms with van der Waals surface area (Å²) in [4.78, 5) is 35.9. The first-order valence-electron chi connectivity index (χ1n) is 7.26. The third-order valence-electron chi connectivity index (χ3n) is 4.11. The summed E-state index contributed by atoms with van der Waals surface area (Å²) in [7, 11) is 1.68. The number of piperidine rings is 1. The zero-order chi connectivity index (χ0) is 15.9. The summed E-state index contributed by atoms with van der Waals surface area (Å²) < 4.78 is 3.00. The van der Waals surface area contributed by atoms with E-state index in [4.69, 9.17) is 5.73 Å². The molecule has 0 spiro atoms. The molecule has 7 nitrogen and oxygen atoms in total. The number of nitrogens with zero attached hydrogens (tertiary/aromatic N) is 2. The Balaban J connectivity index is 2.14. The number of hydrogen-bond acceptors (Lipinski definition) is 4. The van der Waals surface area contributed by atoms with Gasteiger partial charge in [-0.15, -0.1) is 0 Å². The molecule has 0 radical (unpaired) electrons. The first kappa shape index (κ1) is 14.5. The summed E-state index contributed by atoms with van der Waals surface area (Å²) in [5, 5.41) is 2.30. The van der Waals surface area contributed by atoms with Gasteiger partial charge in [0.2, 0.25) is 11.8 Å². The molecule has 0 saturated carbocycles. The monoisotopic (exact) mass is 302 g/mol. The molecule has 0 aliphatic carbocycles. The predicted octanol–water partition coefficient (Wildman–Crippen LogP) is -0.181. The van der Waals surface area contributed by atoms with Crippen LogP contribution in [0, 0.1) is 0 Å². The van der Waals surface area contributed by atoms with Crippen LogP contribution < -0.4 is 16.7 Å². The highest BCUT2D eigenvalue weighted by Gasteiger charge is 2.31. The van der Waals surface area contributed by atoms with E-state index in [1.165, 1.54) is 9.13 Å². The molecule has 1 unspecified atom stereocenters. The first-order chi connectivity index (χ1) is 10.5. The van der Waals surface area contributed by atoms with Crippen LogP contribution in [0.4, 0.5) is 0 Å². The van der Waals surface area contributed by atoms with E-state index in [1.54, 1.807) is 7.05 Å². The summed E-state index contributed by atoms with van der Waals surface area (Å²) in [6.07, 6.45) is 1.31. The highest BCUT2D eigenvalue weighted by molar-refractivity contribution is 6.00. The van der Waals surface area contributed by atoms with Crippen molar-refractivity contribution in [1.29, 1.82) is 0 Å². The molecule has 116 valence electrons. The Morgan fingerprint density at radius 2 is 2.05 bits per heavy atom. The Bertz CT molecular complexity index is 818. The number of nitrogens with one attached hydrogen (secondary N) is 1. The van der Waals surface area contributed by atoms with Crippen LogP contribution in [0.15, 0.2) is 23.0 Å². The van der Waals surface area contributed by atoms with Gasteiger partial charge >= 0.3 is 5.69 Å². The fraction of sp³-hybridized carbons (Fsp3) is 0.400. The fourth-order valence-electron chi connectivity index (χ4n) is 2.96. The predicted molar refractivity (Wildman–Crippen MR) is 81.4 cm³/mol. The van der Waals surface area contributed by atoms with Crippen molar-refractivity contribution in [3.05, 3.63) is 34.2 Å². The van der Waals surface area contributed by atoms with Gasteiger partial charge in [-0.2, -0.15) is 0 Å². The van der Waals surface area contributed by atoms with Crippen LogP contribution in [0.25, 0.3) is 11.0 Å². The first-order valence-corrected chi connectivity index (χ1v) is 7.26. The minimum atomic E-state index is -0.644. The minimum Gasteiger partial charge on any atom is -0.330 e. The molecule has 1 saturated heterocycles. The molecular formula is C15H18N4O3. The number of hydrogen-bond donors (Lipinski definition) is 2. The topological polar surface area (TPSA) is 99.1 Å². The highest BCUT2D eigenvalue weighted by Crippen LogP contribution is 2.23. The summed E-state index contributed by atoms with van der Waals surface area (Å²) in [5.74, 6) is -0.711. The second-order valence-corrected chi connectivity index (χ2v) is 5.54. The van der Waals surface area contributed by atoms with Crippen molar-refractivity contribution in [3.8, 4) is 0 Å². The summed E-state index contributed by atoms with van der Waals surface area (Å²) in [5.41, 5.74) is 7.82. The number of imide groups is 1. The Morgan fingerprint density at radius 1 is 1.27 bits per heavy atom. The lowest BCUT2D eigenvalue weighted by Crippen LogP contribution is -2.44. The van der Waals surface area contributed by atoms with E-state index in [2.05, 4.69) is 5.32 Å². The Labute approximate surface area is 126 Å². The van der Waals surface area contributed by atoms with Gasteiger partial charge < -0.3 is 5.73 Å². The lowest BCUT2D eigenvalue weighted by molar-refractivity contribution is -0.135. The summed E-state index contributed by atoms with van der Waals surface area (Å²) >= 11 is 0. The van der Waals surface area contributed by atoms with E-state index in [-0.39, 0.29) is 18.0 Å². The van der Waals surface area contributed by atoms with E-state index in [0.717, 1.165) is 17.5 Å². The smallest absolute Gasteiger partial charge is 0.329 e. The lowest BCUT2D eigenvalue weighted by Gasteiger charge is -2.21. The lowest BCUT2D eigenvalue weighted by atomic mass is 10.1. The number of amides is 2. The quantitative estimate of drug-likeness (QED) is 0.768. The molecule has 1 fully saturated rings. The second kappa shape index (κ2) is 5.42. The number of fused-ring (bicyclic) bond motifs is 1. The molecule has 3 N–H and O–H groups in total. The molecule has 1 atom stereocenters. The zero-order valence-electron chi connectivity index (χ0n) is 12.3. The van der Waals surface area contributed by atoms with Crippen LogP contribution in [0.3, 0.4) is 0 Å². The number of benzene rings is 1. The third-order valence-corrected chi connectivity index (χ3v) is 4.11. The molecule has 2 heterocycles. The van der Waals surface area contributed by atoms with Gasteiger partial charge in [0.05, 0.1) is 11.0 Å². The van der Waals surface area contributed by atoms with Crippen LogP contribution in [-0.4, -0.2) is 27.5 Å². The van der Waals surface area contributed by atoms with Crippen molar-refractivity contribution >= 4 is 22.8 Å². The second-order valence-electron chi connectivity index (χ2n) is 5.54. The van der Waals surface area contributed by atoms with Crippen molar-refractivity contribution in [1.82, 2.24) is 14.5 Å². The molecule has 22 heavy (non-hydrogen) atoms. The number of nitrogens with two attached hydrogens (primary N) is 1. The van der Waals surface area contributed by atoms with Gasteiger partial charge in [-0.1, -0.05) is 6.07 Å². The van der Waals surface area contributed by atoms with Crippen LogP contribution in [-0.2, 0) is 23.1 Å². The maximum absolute atomic E-state index is 12.5. The molecule has 2 amide bonds. The van der Waals surface area contributed by atoms with E-state index in [1.807, 2.05) is 18.2 Å². The summed E-state index contributed by atoms with van der Waals surface area (Å²) in [6, 6.07) is 5.03. The molecule has 0 bridgehead atoms. The molecular weight excluding hydrogens is 284 g/mol. The van der Waals surface area contributed by atoms with Gasteiger partial charge in [0.1, 0.15) is 6.04 Å². The van der Waals surface area contributed by atoms with Crippen LogP contribution in [0.5, 0.6) is 0 Å². The average molecular weight is 302 g/mol. The Hall–Kier alpha value is -2.41. The maximum atomic E-state index is 12.5. The van der Waals surface area contributed by atoms with Gasteiger partial charge in [0.25, 0.3) is 0 Å². The van der Waals surface area contributed by atoms with Crippen molar-refractivity contribution in [2.75, 3.05) is 6.54 Å². The fourth-order valence-corrected chi connectivity index (χ4v) is 2.96. The zero-order valence-corrected chi connectivity index (χ0v) is 12.3. The molecule has 1 aliphatic rings. The molecule has 1 aliphatic heterocycles. The van der Waals surface area contributed by atoms with Crippen molar-refractivity contribution in [2.45, 2.75) is 25.3 Å². The number of aryl methyl sites for hydroxylation is 1. The largest absolute Gasteiger partial charge is 0.330 e. The molecule has 7 heteroatoms. The highest BCUT2D eigenvalue weighted by atomic mass is 16.2. The van der Waals surface area contributed by atoms with E-state index in [9.17, 15) is 14.4 Å².